The van der Waals surface area contributed by atoms with Gasteiger partial charge in [0.1, 0.15) is 0 Å². The first-order valence-electron chi connectivity index (χ1n) is 3.44. The second-order valence-corrected chi connectivity index (χ2v) is 2.87. The van der Waals surface area contributed by atoms with Crippen LogP contribution in [0, 0.1) is 6.92 Å². The van der Waals surface area contributed by atoms with Gasteiger partial charge in [-0.05, 0) is 18.1 Å². The predicted molar refractivity (Wildman–Crippen MR) is 46.8 cm³/mol. The van der Waals surface area contributed by atoms with E-state index in [0.717, 1.165) is 17.7 Å². The van der Waals surface area contributed by atoms with E-state index in [4.69, 9.17) is 11.6 Å². The maximum Gasteiger partial charge on any atom is 0.0628 e. The molecule has 0 spiro atoms. The second-order valence-electron chi connectivity index (χ2n) is 2.60. The van der Waals surface area contributed by atoms with Gasteiger partial charge in [0.15, 0.2) is 0 Å². The molecule has 3 heteroatoms. The van der Waals surface area contributed by atoms with Crippen LogP contribution in [0.5, 0.6) is 0 Å². The summed E-state index contributed by atoms with van der Waals surface area (Å²) >= 11 is 5.57. The molecular formula is C8H11ClN2. The fraction of sp³-hybridized carbons (Fsp3) is 0.375. The van der Waals surface area contributed by atoms with Gasteiger partial charge in [0.05, 0.1) is 12.7 Å². The summed E-state index contributed by atoms with van der Waals surface area (Å²) in [6, 6.07) is 0. The van der Waals surface area contributed by atoms with Crippen molar-refractivity contribution in [1.29, 1.82) is 0 Å². The maximum absolute atomic E-state index is 5.57. The van der Waals surface area contributed by atoms with Crippen molar-refractivity contribution in [1.82, 2.24) is 9.78 Å². The number of alkyl halides is 1. The Morgan fingerprint density at radius 1 is 1.82 bits per heavy atom. The molecule has 0 aliphatic carbocycles. The third-order valence-electron chi connectivity index (χ3n) is 1.34. The number of rotatable bonds is 3. The van der Waals surface area contributed by atoms with Gasteiger partial charge >= 0.3 is 0 Å². The fourth-order valence-corrected chi connectivity index (χ4v) is 0.909. The van der Waals surface area contributed by atoms with Crippen LogP contribution < -0.4 is 0 Å². The number of aromatic nitrogens is 2. The summed E-state index contributed by atoms with van der Waals surface area (Å²) in [5, 5.41) is 4.10. The topological polar surface area (TPSA) is 17.8 Å². The SMILES string of the molecule is C=C(CCl)Cn1cc(C)cn1. The van der Waals surface area contributed by atoms with Crippen molar-refractivity contribution in [3.8, 4) is 0 Å². The van der Waals surface area contributed by atoms with E-state index in [1.807, 2.05) is 24.0 Å². The van der Waals surface area contributed by atoms with E-state index in [-0.39, 0.29) is 0 Å². The summed E-state index contributed by atoms with van der Waals surface area (Å²) in [5.41, 5.74) is 2.14. The predicted octanol–water partition coefficient (Wildman–Crippen LogP) is 1.99. The van der Waals surface area contributed by atoms with Crippen molar-refractivity contribution in [2.45, 2.75) is 13.5 Å². The Balaban J connectivity index is 2.57. The van der Waals surface area contributed by atoms with E-state index in [9.17, 15) is 0 Å². The summed E-state index contributed by atoms with van der Waals surface area (Å²) < 4.78 is 1.83. The molecular weight excluding hydrogens is 160 g/mol. The molecule has 1 aromatic heterocycles. The summed E-state index contributed by atoms with van der Waals surface area (Å²) in [5.74, 6) is 0.499. The summed E-state index contributed by atoms with van der Waals surface area (Å²) in [4.78, 5) is 0. The van der Waals surface area contributed by atoms with Crippen molar-refractivity contribution in [3.05, 3.63) is 30.1 Å². The molecule has 1 heterocycles. The van der Waals surface area contributed by atoms with Gasteiger partial charge in [-0.3, -0.25) is 4.68 Å². The number of nitrogens with zero attached hydrogens (tertiary/aromatic N) is 2. The van der Waals surface area contributed by atoms with Crippen molar-refractivity contribution in [3.63, 3.8) is 0 Å². The van der Waals surface area contributed by atoms with Crippen LogP contribution >= 0.6 is 11.6 Å². The van der Waals surface area contributed by atoms with E-state index in [1.54, 1.807) is 0 Å². The third kappa shape index (κ3) is 2.39. The first-order chi connectivity index (χ1) is 5.22. The first kappa shape index (κ1) is 8.34. The zero-order valence-electron chi connectivity index (χ0n) is 6.55. The molecule has 0 N–H and O–H groups in total. The molecule has 60 valence electrons. The minimum atomic E-state index is 0.499. The highest BCUT2D eigenvalue weighted by Gasteiger charge is 1.95. The maximum atomic E-state index is 5.57. The Labute approximate surface area is 71.5 Å². The Morgan fingerprint density at radius 2 is 2.55 bits per heavy atom. The molecule has 1 aromatic rings. The molecule has 0 aromatic carbocycles. The molecule has 0 atom stereocenters. The molecule has 0 aliphatic heterocycles. The molecule has 0 radical (unpaired) electrons. The lowest BCUT2D eigenvalue weighted by molar-refractivity contribution is 0.679. The van der Waals surface area contributed by atoms with Gasteiger partial charge in [-0.25, -0.2) is 0 Å². The Hall–Kier alpha value is -0.760. The van der Waals surface area contributed by atoms with E-state index in [1.165, 1.54) is 0 Å². The highest BCUT2D eigenvalue weighted by atomic mass is 35.5. The van der Waals surface area contributed by atoms with Crippen LogP contribution in [0.25, 0.3) is 0 Å². The lowest BCUT2D eigenvalue weighted by atomic mass is 10.3. The minimum Gasteiger partial charge on any atom is -0.268 e. The van der Waals surface area contributed by atoms with Crippen LogP contribution in [0.3, 0.4) is 0 Å². The summed E-state index contributed by atoms with van der Waals surface area (Å²) in [7, 11) is 0. The largest absolute Gasteiger partial charge is 0.268 e. The van der Waals surface area contributed by atoms with Crippen molar-refractivity contribution >= 4 is 11.6 Å². The lowest BCUT2D eigenvalue weighted by Crippen LogP contribution is -2.01. The van der Waals surface area contributed by atoms with Crippen molar-refractivity contribution in [2.75, 3.05) is 5.88 Å². The van der Waals surface area contributed by atoms with Gasteiger partial charge in [-0.2, -0.15) is 5.10 Å². The molecule has 0 amide bonds. The number of aryl methyl sites for hydroxylation is 1. The third-order valence-corrected chi connectivity index (χ3v) is 1.71. The van der Waals surface area contributed by atoms with E-state index in [0.29, 0.717) is 5.88 Å². The Kier molecular flexibility index (Phi) is 2.71. The zero-order valence-corrected chi connectivity index (χ0v) is 7.30. The number of halogens is 1. The minimum absolute atomic E-state index is 0.499. The zero-order chi connectivity index (χ0) is 8.27. The van der Waals surface area contributed by atoms with E-state index < -0.39 is 0 Å². The molecule has 0 saturated carbocycles. The van der Waals surface area contributed by atoms with Crippen LogP contribution in [0.1, 0.15) is 5.56 Å². The average molecular weight is 171 g/mol. The quantitative estimate of drug-likeness (QED) is 0.501. The molecule has 1 rings (SSSR count). The standard InChI is InChI=1S/C8H11ClN2/c1-7(3-9)5-11-6-8(2)4-10-11/h4,6H,1,3,5H2,2H3. The van der Waals surface area contributed by atoms with E-state index in [2.05, 4.69) is 11.7 Å². The normalized spacial score (nSPS) is 10.0. The van der Waals surface area contributed by atoms with Crippen LogP contribution in [-0.4, -0.2) is 15.7 Å². The Morgan fingerprint density at radius 3 is 3.00 bits per heavy atom. The summed E-state index contributed by atoms with van der Waals surface area (Å²) in [6.45, 7) is 6.51. The van der Waals surface area contributed by atoms with E-state index >= 15 is 0 Å². The van der Waals surface area contributed by atoms with Crippen LogP contribution in [-0.2, 0) is 6.54 Å². The molecule has 11 heavy (non-hydrogen) atoms. The monoisotopic (exact) mass is 170 g/mol. The average Bonchev–Trinajstić information content (AvgIpc) is 2.35. The smallest absolute Gasteiger partial charge is 0.0628 e. The van der Waals surface area contributed by atoms with Gasteiger partial charge in [-0.15, -0.1) is 11.6 Å². The molecule has 0 saturated heterocycles. The fourth-order valence-electron chi connectivity index (χ4n) is 0.825. The van der Waals surface area contributed by atoms with Gasteiger partial charge in [-0.1, -0.05) is 6.58 Å². The highest BCUT2D eigenvalue weighted by Crippen LogP contribution is 2.00. The van der Waals surface area contributed by atoms with Crippen LogP contribution in [0.4, 0.5) is 0 Å². The molecule has 0 aliphatic rings. The van der Waals surface area contributed by atoms with Crippen LogP contribution in [0.2, 0.25) is 0 Å². The molecule has 2 nitrogen and oxygen atoms in total. The highest BCUT2D eigenvalue weighted by molar-refractivity contribution is 6.19. The van der Waals surface area contributed by atoms with Gasteiger partial charge < -0.3 is 0 Å². The van der Waals surface area contributed by atoms with Crippen molar-refractivity contribution in [2.24, 2.45) is 0 Å². The number of hydrogen-bond donors (Lipinski definition) is 0. The summed E-state index contributed by atoms with van der Waals surface area (Å²) in [6.07, 6.45) is 3.79. The van der Waals surface area contributed by atoms with Gasteiger partial charge in [0.25, 0.3) is 0 Å². The molecule has 0 fully saturated rings. The molecule has 0 bridgehead atoms. The molecule has 0 unspecified atom stereocenters. The number of allylic oxidation sites excluding steroid dienone is 1. The van der Waals surface area contributed by atoms with Gasteiger partial charge in [0.2, 0.25) is 0 Å². The second kappa shape index (κ2) is 3.58. The van der Waals surface area contributed by atoms with Crippen LogP contribution in [0.15, 0.2) is 24.5 Å². The van der Waals surface area contributed by atoms with Gasteiger partial charge in [0, 0.05) is 12.1 Å². The Bertz CT molecular complexity index is 252. The first-order valence-corrected chi connectivity index (χ1v) is 3.97. The lowest BCUT2D eigenvalue weighted by Gasteiger charge is -2.00. The number of hydrogen-bond acceptors (Lipinski definition) is 1. The van der Waals surface area contributed by atoms with Crippen molar-refractivity contribution < 1.29 is 0 Å².